The highest BCUT2D eigenvalue weighted by atomic mass is 19.1. The van der Waals surface area contributed by atoms with Crippen LogP contribution >= 0.6 is 0 Å². The van der Waals surface area contributed by atoms with Crippen molar-refractivity contribution in [3.05, 3.63) is 59.2 Å². The van der Waals surface area contributed by atoms with E-state index in [0.717, 1.165) is 29.5 Å². The first-order valence-electron chi connectivity index (χ1n) is 7.41. The smallest absolute Gasteiger partial charge is 0.216 e. The molecule has 1 N–H and O–H groups in total. The number of fused-ring (bicyclic) bond motifs is 4. The summed E-state index contributed by atoms with van der Waals surface area (Å²) in [6, 6.07) is 10.6. The summed E-state index contributed by atoms with van der Waals surface area (Å²) in [4.78, 5) is 3.88. The lowest BCUT2D eigenvalue weighted by Crippen LogP contribution is -2.33. The molecule has 1 fully saturated rings. The van der Waals surface area contributed by atoms with Gasteiger partial charge in [-0.25, -0.2) is 4.98 Å². The summed E-state index contributed by atoms with van der Waals surface area (Å²) < 4.78 is 19.9. The van der Waals surface area contributed by atoms with E-state index in [1.165, 1.54) is 6.20 Å². The summed E-state index contributed by atoms with van der Waals surface area (Å²) in [7, 11) is 0. The second kappa shape index (κ2) is 5.11. The Morgan fingerprint density at radius 2 is 2.10 bits per heavy atom. The van der Waals surface area contributed by atoms with Gasteiger partial charge in [0.1, 0.15) is 12.4 Å². The van der Waals surface area contributed by atoms with Crippen LogP contribution in [0, 0.1) is 5.95 Å². The standard InChI is InChI=1S/C17H17FN2O/c18-17-13-8-12-6-7-14(20-12)16(13)15(9-19-17)21-10-11-4-2-1-3-5-11/h1-5,9,12,14,20H,6-8,10H2/t12-,14+/m0/s1. The predicted molar refractivity (Wildman–Crippen MR) is 77.6 cm³/mol. The van der Waals surface area contributed by atoms with Gasteiger partial charge in [-0.3, -0.25) is 0 Å². The maximum Gasteiger partial charge on any atom is 0.216 e. The van der Waals surface area contributed by atoms with Crippen LogP contribution in [0.2, 0.25) is 0 Å². The summed E-state index contributed by atoms with van der Waals surface area (Å²) in [6.07, 6.45) is 4.38. The number of ether oxygens (including phenoxy) is 1. The molecule has 108 valence electrons. The molecular weight excluding hydrogens is 267 g/mol. The van der Waals surface area contributed by atoms with Crippen LogP contribution in [-0.2, 0) is 13.0 Å². The zero-order valence-corrected chi connectivity index (χ0v) is 11.7. The molecule has 2 atom stereocenters. The van der Waals surface area contributed by atoms with Gasteiger partial charge in [0.05, 0.1) is 6.20 Å². The van der Waals surface area contributed by atoms with Gasteiger partial charge in [0.25, 0.3) is 0 Å². The largest absolute Gasteiger partial charge is 0.487 e. The van der Waals surface area contributed by atoms with Crippen LogP contribution in [0.25, 0.3) is 0 Å². The number of hydrogen-bond acceptors (Lipinski definition) is 3. The zero-order valence-electron chi connectivity index (χ0n) is 11.7. The first kappa shape index (κ1) is 12.8. The van der Waals surface area contributed by atoms with Crippen LogP contribution in [0.1, 0.15) is 35.6 Å². The average molecular weight is 284 g/mol. The Balaban J connectivity index is 1.64. The highest BCUT2D eigenvalue weighted by molar-refractivity contribution is 5.44. The third-order valence-electron chi connectivity index (χ3n) is 4.41. The van der Waals surface area contributed by atoms with Crippen LogP contribution in [0.4, 0.5) is 4.39 Å². The quantitative estimate of drug-likeness (QED) is 0.879. The Bertz CT molecular complexity index is 659. The van der Waals surface area contributed by atoms with E-state index in [2.05, 4.69) is 10.3 Å². The third-order valence-corrected chi connectivity index (χ3v) is 4.41. The fourth-order valence-corrected chi connectivity index (χ4v) is 3.40. The van der Waals surface area contributed by atoms with E-state index in [9.17, 15) is 4.39 Å². The van der Waals surface area contributed by atoms with Crippen molar-refractivity contribution in [3.8, 4) is 5.75 Å². The van der Waals surface area contributed by atoms with Crippen molar-refractivity contribution >= 4 is 0 Å². The average Bonchev–Trinajstić information content (AvgIpc) is 2.90. The molecule has 4 rings (SSSR count). The van der Waals surface area contributed by atoms with Gasteiger partial charge in [-0.05, 0) is 24.8 Å². The van der Waals surface area contributed by atoms with Gasteiger partial charge in [-0.15, -0.1) is 0 Å². The van der Waals surface area contributed by atoms with Crippen molar-refractivity contribution in [3.63, 3.8) is 0 Å². The first-order valence-corrected chi connectivity index (χ1v) is 7.41. The Labute approximate surface area is 123 Å². The Morgan fingerprint density at radius 1 is 1.24 bits per heavy atom. The van der Waals surface area contributed by atoms with Gasteiger partial charge in [0.15, 0.2) is 0 Å². The molecule has 3 heterocycles. The molecule has 0 amide bonds. The number of nitrogens with one attached hydrogen (secondary N) is 1. The monoisotopic (exact) mass is 284 g/mol. The molecule has 4 heteroatoms. The third kappa shape index (κ3) is 2.29. The molecular formula is C17H17FN2O. The molecule has 0 saturated carbocycles. The van der Waals surface area contributed by atoms with Gasteiger partial charge in [0, 0.05) is 23.2 Å². The number of benzene rings is 1. The van der Waals surface area contributed by atoms with Gasteiger partial charge >= 0.3 is 0 Å². The van der Waals surface area contributed by atoms with E-state index in [1.54, 1.807) is 0 Å². The maximum atomic E-state index is 14.0. The van der Waals surface area contributed by atoms with Crippen molar-refractivity contribution in [2.75, 3.05) is 0 Å². The fraction of sp³-hybridized carbons (Fsp3) is 0.353. The number of hydrogen-bond donors (Lipinski definition) is 1. The van der Waals surface area contributed by atoms with Crippen LogP contribution in [0.3, 0.4) is 0 Å². The minimum Gasteiger partial charge on any atom is -0.487 e. The molecule has 21 heavy (non-hydrogen) atoms. The van der Waals surface area contributed by atoms with Crippen molar-refractivity contribution in [2.24, 2.45) is 0 Å². The first-order chi connectivity index (χ1) is 10.3. The summed E-state index contributed by atoms with van der Waals surface area (Å²) in [6.45, 7) is 0.483. The molecule has 2 aliphatic rings. The minimum absolute atomic E-state index is 0.210. The summed E-state index contributed by atoms with van der Waals surface area (Å²) in [5, 5.41) is 3.54. The van der Waals surface area contributed by atoms with Gasteiger partial charge in [-0.2, -0.15) is 4.39 Å². The topological polar surface area (TPSA) is 34.1 Å². The molecule has 3 nitrogen and oxygen atoms in total. The zero-order chi connectivity index (χ0) is 14.2. The molecule has 0 aliphatic carbocycles. The van der Waals surface area contributed by atoms with E-state index >= 15 is 0 Å². The lowest BCUT2D eigenvalue weighted by molar-refractivity contribution is 0.294. The van der Waals surface area contributed by atoms with Gasteiger partial charge < -0.3 is 10.1 Å². The molecule has 1 saturated heterocycles. The van der Waals surface area contributed by atoms with E-state index < -0.39 is 0 Å². The molecule has 0 unspecified atom stereocenters. The summed E-state index contributed by atoms with van der Waals surface area (Å²) >= 11 is 0. The predicted octanol–water partition coefficient (Wildman–Crippen LogP) is 3.15. The second-order valence-electron chi connectivity index (χ2n) is 5.78. The minimum atomic E-state index is -0.338. The van der Waals surface area contributed by atoms with Crippen molar-refractivity contribution in [1.82, 2.24) is 10.3 Å². The normalized spacial score (nSPS) is 22.9. The number of aromatic nitrogens is 1. The maximum absolute atomic E-state index is 14.0. The summed E-state index contributed by atoms with van der Waals surface area (Å²) in [5.41, 5.74) is 2.82. The highest BCUT2D eigenvalue weighted by Crippen LogP contribution is 2.41. The van der Waals surface area contributed by atoms with E-state index in [4.69, 9.17) is 4.74 Å². The molecule has 1 aromatic heterocycles. The Morgan fingerprint density at radius 3 is 2.95 bits per heavy atom. The summed E-state index contributed by atoms with van der Waals surface area (Å²) in [5.74, 6) is 0.378. The van der Waals surface area contributed by atoms with E-state index in [1.807, 2.05) is 30.3 Å². The number of halogens is 1. The lowest BCUT2D eigenvalue weighted by Gasteiger charge is -2.26. The number of nitrogens with zero attached hydrogens (tertiary/aromatic N) is 1. The molecule has 1 aromatic carbocycles. The van der Waals surface area contributed by atoms with E-state index in [-0.39, 0.29) is 12.0 Å². The number of rotatable bonds is 3. The Kier molecular flexibility index (Phi) is 3.11. The molecule has 2 aliphatic heterocycles. The fourth-order valence-electron chi connectivity index (χ4n) is 3.40. The Hall–Kier alpha value is -1.94. The molecule has 0 spiro atoms. The van der Waals surface area contributed by atoms with Crippen molar-refractivity contribution in [2.45, 2.75) is 38.0 Å². The second-order valence-corrected chi connectivity index (χ2v) is 5.78. The van der Waals surface area contributed by atoms with Crippen molar-refractivity contribution in [1.29, 1.82) is 0 Å². The van der Waals surface area contributed by atoms with Crippen LogP contribution in [0.15, 0.2) is 36.5 Å². The lowest BCUT2D eigenvalue weighted by atomic mass is 9.96. The SMILES string of the molecule is Fc1ncc(OCc2ccccc2)c2c1C[C@@H]1CC[C@H]2N1. The number of pyridine rings is 1. The highest BCUT2D eigenvalue weighted by Gasteiger charge is 2.36. The van der Waals surface area contributed by atoms with E-state index in [0.29, 0.717) is 24.8 Å². The van der Waals surface area contributed by atoms with Crippen LogP contribution in [0.5, 0.6) is 5.75 Å². The van der Waals surface area contributed by atoms with Gasteiger partial charge in [0.2, 0.25) is 5.95 Å². The molecule has 2 aromatic rings. The van der Waals surface area contributed by atoms with Crippen LogP contribution in [-0.4, -0.2) is 11.0 Å². The van der Waals surface area contributed by atoms with Crippen molar-refractivity contribution < 1.29 is 9.13 Å². The molecule has 0 radical (unpaired) electrons. The van der Waals surface area contributed by atoms with Gasteiger partial charge in [-0.1, -0.05) is 30.3 Å². The van der Waals surface area contributed by atoms with Crippen LogP contribution < -0.4 is 10.1 Å². The molecule has 2 bridgehead atoms.